The molecule has 0 aliphatic carbocycles. The van der Waals surface area contributed by atoms with Gasteiger partial charge in [0.05, 0.1) is 15.6 Å². The van der Waals surface area contributed by atoms with Crippen molar-refractivity contribution in [2.45, 2.75) is 23.7 Å². The Morgan fingerprint density at radius 1 is 0.935 bits per heavy atom. The lowest BCUT2D eigenvalue weighted by Crippen LogP contribution is -2.37. The summed E-state index contributed by atoms with van der Waals surface area (Å²) in [5.41, 5.74) is 2.96. The molecule has 0 spiro atoms. The van der Waals surface area contributed by atoms with Crippen molar-refractivity contribution in [3.63, 3.8) is 0 Å². The molecular weight excluding hydrogens is 428 g/mol. The summed E-state index contributed by atoms with van der Waals surface area (Å²) >= 11 is 1.65. The highest BCUT2D eigenvalue weighted by atomic mass is 32.2. The van der Waals surface area contributed by atoms with Crippen molar-refractivity contribution in [1.29, 1.82) is 0 Å². The molecule has 0 radical (unpaired) electrons. The minimum Gasteiger partial charge on any atom is -0.324 e. The Balaban J connectivity index is 1.26. The lowest BCUT2D eigenvalue weighted by molar-refractivity contribution is 0.319. The largest absolute Gasteiger partial charge is 0.324 e. The molecule has 1 aliphatic rings. The van der Waals surface area contributed by atoms with Crippen LogP contribution in [0.25, 0.3) is 16.9 Å². The highest BCUT2D eigenvalue weighted by Crippen LogP contribution is 2.34. The zero-order valence-electron chi connectivity index (χ0n) is 16.8. The van der Waals surface area contributed by atoms with Crippen LogP contribution in [-0.4, -0.2) is 40.3 Å². The van der Waals surface area contributed by atoms with Gasteiger partial charge in [-0.3, -0.25) is 4.98 Å². The van der Waals surface area contributed by atoms with Crippen LogP contribution in [0.15, 0.2) is 83.6 Å². The molecule has 1 aromatic carbocycles. The molecule has 8 heteroatoms. The van der Waals surface area contributed by atoms with Gasteiger partial charge >= 0.3 is 0 Å². The number of piperidine rings is 1. The van der Waals surface area contributed by atoms with E-state index < -0.39 is 10.0 Å². The van der Waals surface area contributed by atoms with Crippen LogP contribution in [-0.2, 0) is 10.0 Å². The van der Waals surface area contributed by atoms with Crippen LogP contribution in [0.1, 0.15) is 23.8 Å². The fourth-order valence-electron chi connectivity index (χ4n) is 3.92. The van der Waals surface area contributed by atoms with E-state index in [0.29, 0.717) is 23.9 Å². The van der Waals surface area contributed by atoms with Gasteiger partial charge in [0.2, 0.25) is 10.0 Å². The number of rotatable bonds is 5. The molecule has 1 fully saturated rings. The zero-order valence-corrected chi connectivity index (χ0v) is 18.5. The molecule has 0 saturated carbocycles. The maximum Gasteiger partial charge on any atom is 0.243 e. The van der Waals surface area contributed by atoms with Gasteiger partial charge in [0.15, 0.2) is 0 Å². The van der Waals surface area contributed by atoms with Crippen LogP contribution in [0.2, 0.25) is 0 Å². The van der Waals surface area contributed by atoms with Crippen molar-refractivity contribution < 1.29 is 8.42 Å². The van der Waals surface area contributed by atoms with Gasteiger partial charge in [-0.1, -0.05) is 0 Å². The summed E-state index contributed by atoms with van der Waals surface area (Å²) in [6.45, 7) is 1.02. The monoisotopic (exact) mass is 450 g/mol. The number of hydrogen-bond acceptors (Lipinski definition) is 5. The minimum atomic E-state index is -3.49. The van der Waals surface area contributed by atoms with Crippen molar-refractivity contribution in [3.05, 3.63) is 83.7 Å². The summed E-state index contributed by atoms with van der Waals surface area (Å²) < 4.78 is 29.8. The summed E-state index contributed by atoms with van der Waals surface area (Å²) in [6, 6.07) is 14.9. The van der Waals surface area contributed by atoms with Crippen LogP contribution in [0.5, 0.6) is 0 Å². The highest BCUT2D eigenvalue weighted by molar-refractivity contribution is 7.89. The molecule has 31 heavy (non-hydrogen) atoms. The molecule has 1 aliphatic heterocycles. The average Bonchev–Trinajstić information content (AvgIpc) is 3.53. The Morgan fingerprint density at radius 2 is 1.61 bits per heavy atom. The summed E-state index contributed by atoms with van der Waals surface area (Å²) in [6.07, 6.45) is 8.97. The normalized spacial score (nSPS) is 15.9. The van der Waals surface area contributed by atoms with Crippen molar-refractivity contribution in [2.75, 3.05) is 13.1 Å². The maximum atomic E-state index is 13.1. The fraction of sp³-hybridized carbons (Fsp3) is 0.217. The van der Waals surface area contributed by atoms with E-state index in [0.717, 1.165) is 34.8 Å². The Bertz CT molecular complexity index is 1240. The Labute approximate surface area is 185 Å². The van der Waals surface area contributed by atoms with Gasteiger partial charge in [-0.05, 0) is 61.4 Å². The number of hydrogen-bond donors (Lipinski definition) is 0. The molecule has 158 valence electrons. The number of pyridine rings is 1. The van der Waals surface area contributed by atoms with Gasteiger partial charge in [0, 0.05) is 60.4 Å². The maximum absolute atomic E-state index is 13.1. The SMILES string of the molecule is O=S(=O)(c1ccc(-n2cccc2)cc1)N1CCC(c2nc(-c3ccncc3)cs2)CC1. The van der Waals surface area contributed by atoms with E-state index in [1.54, 1.807) is 40.2 Å². The van der Waals surface area contributed by atoms with E-state index in [4.69, 9.17) is 4.98 Å². The van der Waals surface area contributed by atoms with Crippen LogP contribution in [0, 0.1) is 0 Å². The van der Waals surface area contributed by atoms with Gasteiger partial charge in [0.1, 0.15) is 0 Å². The second kappa shape index (κ2) is 8.37. The topological polar surface area (TPSA) is 68.1 Å². The molecular formula is C23H22N4O2S2. The quantitative estimate of drug-likeness (QED) is 0.447. The van der Waals surface area contributed by atoms with Crippen LogP contribution < -0.4 is 0 Å². The molecule has 4 heterocycles. The summed E-state index contributed by atoms with van der Waals surface area (Å²) in [5, 5.41) is 3.15. The number of thiazole rings is 1. The van der Waals surface area contributed by atoms with Gasteiger partial charge in [-0.2, -0.15) is 4.31 Å². The van der Waals surface area contributed by atoms with E-state index in [1.807, 2.05) is 53.4 Å². The molecule has 0 amide bonds. The molecule has 0 atom stereocenters. The predicted octanol–water partition coefficient (Wildman–Crippen LogP) is 4.56. The van der Waals surface area contributed by atoms with Crippen molar-refractivity contribution >= 4 is 21.4 Å². The van der Waals surface area contributed by atoms with Crippen LogP contribution in [0.4, 0.5) is 0 Å². The van der Waals surface area contributed by atoms with Crippen molar-refractivity contribution in [3.8, 4) is 16.9 Å². The van der Waals surface area contributed by atoms with E-state index in [-0.39, 0.29) is 0 Å². The Morgan fingerprint density at radius 3 is 2.29 bits per heavy atom. The lowest BCUT2D eigenvalue weighted by Gasteiger charge is -2.30. The Kier molecular flexibility index (Phi) is 5.43. The molecule has 5 rings (SSSR count). The fourth-order valence-corrected chi connectivity index (χ4v) is 6.39. The third kappa shape index (κ3) is 4.06. The zero-order chi connectivity index (χ0) is 21.3. The lowest BCUT2D eigenvalue weighted by atomic mass is 9.99. The van der Waals surface area contributed by atoms with E-state index >= 15 is 0 Å². The predicted molar refractivity (Wildman–Crippen MR) is 122 cm³/mol. The minimum absolute atomic E-state index is 0.295. The first kappa shape index (κ1) is 20.1. The molecule has 6 nitrogen and oxygen atoms in total. The van der Waals surface area contributed by atoms with Crippen molar-refractivity contribution in [1.82, 2.24) is 18.8 Å². The smallest absolute Gasteiger partial charge is 0.243 e. The van der Waals surface area contributed by atoms with Gasteiger partial charge in [-0.15, -0.1) is 11.3 Å². The molecule has 1 saturated heterocycles. The standard InChI is InChI=1S/C23H22N4O2S2/c28-31(29,21-5-3-20(4-6-21)26-13-1-2-14-26)27-15-9-19(10-16-27)23-25-22(17-30-23)18-7-11-24-12-8-18/h1-8,11-14,17,19H,9-10,15-16H2. The number of nitrogens with zero attached hydrogens (tertiary/aromatic N) is 4. The summed E-state index contributed by atoms with van der Waals surface area (Å²) in [4.78, 5) is 9.20. The van der Waals surface area contributed by atoms with Gasteiger partial charge < -0.3 is 4.57 Å². The molecule has 0 bridgehead atoms. The first-order chi connectivity index (χ1) is 15.1. The van der Waals surface area contributed by atoms with Gasteiger partial charge in [0.25, 0.3) is 0 Å². The van der Waals surface area contributed by atoms with E-state index in [9.17, 15) is 8.42 Å². The third-order valence-electron chi connectivity index (χ3n) is 5.68. The highest BCUT2D eigenvalue weighted by Gasteiger charge is 2.31. The number of benzene rings is 1. The molecule has 0 unspecified atom stereocenters. The van der Waals surface area contributed by atoms with Crippen molar-refractivity contribution in [2.24, 2.45) is 0 Å². The first-order valence-electron chi connectivity index (χ1n) is 10.2. The second-order valence-corrected chi connectivity index (χ2v) is 10.4. The molecule has 0 N–H and O–H groups in total. The second-order valence-electron chi connectivity index (χ2n) is 7.57. The van der Waals surface area contributed by atoms with Crippen LogP contribution >= 0.6 is 11.3 Å². The average molecular weight is 451 g/mol. The Hall–Kier alpha value is -2.81. The first-order valence-corrected chi connectivity index (χ1v) is 12.5. The summed E-state index contributed by atoms with van der Waals surface area (Å²) in [7, 11) is -3.49. The van der Waals surface area contributed by atoms with Gasteiger partial charge in [-0.25, -0.2) is 13.4 Å². The molecule has 3 aromatic heterocycles. The third-order valence-corrected chi connectivity index (χ3v) is 8.60. The molecule has 4 aromatic rings. The summed E-state index contributed by atoms with van der Waals surface area (Å²) in [5.74, 6) is 0.295. The van der Waals surface area contributed by atoms with Crippen LogP contribution in [0.3, 0.4) is 0 Å². The number of sulfonamides is 1. The van der Waals surface area contributed by atoms with E-state index in [1.165, 1.54) is 0 Å². The van der Waals surface area contributed by atoms with E-state index in [2.05, 4.69) is 10.4 Å². The number of aromatic nitrogens is 3.